The lowest BCUT2D eigenvalue weighted by atomic mass is 10.1. The largest absolute Gasteiger partial charge is 0.497 e. The standard InChI is InChI=1S/C17H26N2O3/c1-13(20)10-15-4-3-9-19(15)12-17(21)18-11-14-5-7-16(22-2)8-6-14/h5-8,13,15,20H,3-4,9-12H2,1-2H3,(H,18,21). The number of nitrogens with zero attached hydrogens (tertiary/aromatic N) is 1. The molecule has 0 bridgehead atoms. The molecule has 1 aliphatic heterocycles. The predicted octanol–water partition coefficient (Wildman–Crippen LogP) is 1.55. The fourth-order valence-corrected chi connectivity index (χ4v) is 2.95. The number of aliphatic hydroxyl groups is 1. The number of ether oxygens (including phenoxy) is 1. The van der Waals surface area contributed by atoms with Crippen LogP contribution in [0, 0.1) is 0 Å². The predicted molar refractivity (Wildman–Crippen MR) is 85.7 cm³/mol. The quantitative estimate of drug-likeness (QED) is 0.802. The van der Waals surface area contributed by atoms with Gasteiger partial charge in [-0.15, -0.1) is 0 Å². The number of hydrogen-bond acceptors (Lipinski definition) is 4. The van der Waals surface area contributed by atoms with Crippen molar-refractivity contribution in [3.63, 3.8) is 0 Å². The minimum atomic E-state index is -0.312. The van der Waals surface area contributed by atoms with Crippen molar-refractivity contribution in [2.24, 2.45) is 0 Å². The molecule has 2 rings (SSSR count). The van der Waals surface area contributed by atoms with Gasteiger partial charge in [-0.2, -0.15) is 0 Å². The normalized spacial score (nSPS) is 19.9. The summed E-state index contributed by atoms with van der Waals surface area (Å²) in [6.45, 7) is 3.68. The van der Waals surface area contributed by atoms with Crippen LogP contribution in [-0.4, -0.2) is 48.3 Å². The van der Waals surface area contributed by atoms with Gasteiger partial charge in [-0.25, -0.2) is 0 Å². The summed E-state index contributed by atoms with van der Waals surface area (Å²) in [7, 11) is 1.64. The molecule has 2 N–H and O–H groups in total. The second-order valence-electron chi connectivity index (χ2n) is 5.98. The van der Waals surface area contributed by atoms with Gasteiger partial charge in [0.2, 0.25) is 5.91 Å². The van der Waals surface area contributed by atoms with Gasteiger partial charge in [-0.1, -0.05) is 12.1 Å². The highest BCUT2D eigenvalue weighted by Gasteiger charge is 2.26. The number of nitrogens with one attached hydrogen (secondary N) is 1. The van der Waals surface area contributed by atoms with E-state index in [9.17, 15) is 9.90 Å². The molecule has 122 valence electrons. The van der Waals surface area contributed by atoms with Crippen molar-refractivity contribution in [3.05, 3.63) is 29.8 Å². The van der Waals surface area contributed by atoms with Crippen LogP contribution in [0.5, 0.6) is 5.75 Å². The fourth-order valence-electron chi connectivity index (χ4n) is 2.95. The lowest BCUT2D eigenvalue weighted by Crippen LogP contribution is -2.40. The van der Waals surface area contributed by atoms with Gasteiger partial charge in [0.15, 0.2) is 0 Å². The van der Waals surface area contributed by atoms with Crippen molar-refractivity contribution < 1.29 is 14.6 Å². The molecular weight excluding hydrogens is 280 g/mol. The van der Waals surface area contributed by atoms with Crippen LogP contribution < -0.4 is 10.1 Å². The van der Waals surface area contributed by atoms with E-state index in [2.05, 4.69) is 10.2 Å². The first kappa shape index (κ1) is 16.8. The first-order chi connectivity index (χ1) is 10.6. The number of carbonyl (C=O) groups is 1. The van der Waals surface area contributed by atoms with E-state index in [0.29, 0.717) is 19.1 Å². The Morgan fingerprint density at radius 2 is 2.18 bits per heavy atom. The molecule has 0 aromatic heterocycles. The van der Waals surface area contributed by atoms with Crippen LogP contribution in [0.2, 0.25) is 0 Å². The number of aliphatic hydroxyl groups excluding tert-OH is 1. The number of likely N-dealkylation sites (tertiary alicyclic amines) is 1. The Kier molecular flexibility index (Phi) is 6.21. The molecule has 0 aliphatic carbocycles. The van der Waals surface area contributed by atoms with Crippen molar-refractivity contribution in [2.75, 3.05) is 20.2 Å². The Bertz CT molecular complexity index is 473. The molecule has 1 saturated heterocycles. The van der Waals surface area contributed by atoms with Crippen LogP contribution in [-0.2, 0) is 11.3 Å². The summed E-state index contributed by atoms with van der Waals surface area (Å²) in [5.74, 6) is 0.849. The van der Waals surface area contributed by atoms with E-state index in [-0.39, 0.29) is 12.0 Å². The summed E-state index contributed by atoms with van der Waals surface area (Å²) < 4.78 is 5.11. The van der Waals surface area contributed by atoms with Crippen LogP contribution in [0.1, 0.15) is 31.7 Å². The zero-order valence-electron chi connectivity index (χ0n) is 13.4. The van der Waals surface area contributed by atoms with Crippen molar-refractivity contribution in [2.45, 2.75) is 44.9 Å². The first-order valence-corrected chi connectivity index (χ1v) is 7.90. The summed E-state index contributed by atoms with van der Waals surface area (Å²) in [4.78, 5) is 14.3. The molecule has 5 nitrogen and oxygen atoms in total. The lowest BCUT2D eigenvalue weighted by Gasteiger charge is -2.24. The molecule has 1 heterocycles. The van der Waals surface area contributed by atoms with Crippen LogP contribution >= 0.6 is 0 Å². The maximum absolute atomic E-state index is 12.1. The summed E-state index contributed by atoms with van der Waals surface area (Å²) in [5.41, 5.74) is 1.05. The highest BCUT2D eigenvalue weighted by Crippen LogP contribution is 2.20. The van der Waals surface area contributed by atoms with Gasteiger partial charge in [0, 0.05) is 12.6 Å². The number of benzene rings is 1. The van der Waals surface area contributed by atoms with Crippen molar-refractivity contribution in [3.8, 4) is 5.75 Å². The Hall–Kier alpha value is -1.59. The van der Waals surface area contributed by atoms with Crippen molar-refractivity contribution in [1.29, 1.82) is 0 Å². The Morgan fingerprint density at radius 3 is 2.82 bits per heavy atom. The number of carbonyl (C=O) groups excluding carboxylic acids is 1. The Balaban J connectivity index is 1.77. The number of rotatable bonds is 7. The van der Waals surface area contributed by atoms with E-state index in [4.69, 9.17) is 4.74 Å². The molecule has 0 radical (unpaired) electrons. The van der Waals surface area contributed by atoms with E-state index in [1.54, 1.807) is 14.0 Å². The van der Waals surface area contributed by atoms with E-state index >= 15 is 0 Å². The second kappa shape index (κ2) is 8.15. The molecule has 1 aliphatic rings. The van der Waals surface area contributed by atoms with Gasteiger partial charge in [-0.3, -0.25) is 9.69 Å². The van der Waals surface area contributed by atoms with Crippen molar-refractivity contribution in [1.82, 2.24) is 10.2 Å². The lowest BCUT2D eigenvalue weighted by molar-refractivity contribution is -0.122. The molecule has 2 unspecified atom stereocenters. The molecule has 1 fully saturated rings. The first-order valence-electron chi connectivity index (χ1n) is 7.90. The summed E-state index contributed by atoms with van der Waals surface area (Å²) >= 11 is 0. The molecule has 2 atom stereocenters. The third-order valence-electron chi connectivity index (χ3n) is 4.11. The van der Waals surface area contributed by atoms with Gasteiger partial charge < -0.3 is 15.2 Å². The average Bonchev–Trinajstić information content (AvgIpc) is 2.92. The van der Waals surface area contributed by atoms with Crippen LogP contribution in [0.3, 0.4) is 0 Å². The smallest absolute Gasteiger partial charge is 0.234 e. The van der Waals surface area contributed by atoms with Crippen LogP contribution in [0.25, 0.3) is 0 Å². The fraction of sp³-hybridized carbons (Fsp3) is 0.588. The third-order valence-corrected chi connectivity index (χ3v) is 4.11. The van der Waals surface area contributed by atoms with Crippen molar-refractivity contribution >= 4 is 5.91 Å². The maximum atomic E-state index is 12.1. The molecule has 0 spiro atoms. The summed E-state index contributed by atoms with van der Waals surface area (Å²) in [6, 6.07) is 8.00. The molecule has 0 saturated carbocycles. The van der Waals surface area contributed by atoms with Gasteiger partial charge >= 0.3 is 0 Å². The van der Waals surface area contributed by atoms with E-state index in [0.717, 1.165) is 37.1 Å². The summed E-state index contributed by atoms with van der Waals surface area (Å²) in [6.07, 6.45) is 2.60. The van der Waals surface area contributed by atoms with Crippen LogP contribution in [0.4, 0.5) is 0 Å². The number of hydrogen-bond donors (Lipinski definition) is 2. The third kappa shape index (κ3) is 5.00. The number of amides is 1. The highest BCUT2D eigenvalue weighted by molar-refractivity contribution is 5.78. The maximum Gasteiger partial charge on any atom is 0.234 e. The molecular formula is C17H26N2O3. The molecule has 1 aromatic rings. The molecule has 5 heteroatoms. The Labute approximate surface area is 132 Å². The molecule has 22 heavy (non-hydrogen) atoms. The van der Waals surface area contributed by atoms with E-state index in [1.807, 2.05) is 24.3 Å². The van der Waals surface area contributed by atoms with Gasteiger partial charge in [-0.05, 0) is 50.4 Å². The van der Waals surface area contributed by atoms with Gasteiger partial charge in [0.05, 0.1) is 19.8 Å². The molecule has 1 aromatic carbocycles. The zero-order chi connectivity index (χ0) is 15.9. The Morgan fingerprint density at radius 1 is 1.45 bits per heavy atom. The van der Waals surface area contributed by atoms with Gasteiger partial charge in [0.25, 0.3) is 0 Å². The minimum absolute atomic E-state index is 0.0355. The zero-order valence-corrected chi connectivity index (χ0v) is 13.4. The molecule has 1 amide bonds. The summed E-state index contributed by atoms with van der Waals surface area (Å²) in [5, 5.41) is 12.5. The van der Waals surface area contributed by atoms with Crippen LogP contribution in [0.15, 0.2) is 24.3 Å². The highest BCUT2D eigenvalue weighted by atomic mass is 16.5. The van der Waals surface area contributed by atoms with E-state index < -0.39 is 0 Å². The number of methoxy groups -OCH3 is 1. The monoisotopic (exact) mass is 306 g/mol. The van der Waals surface area contributed by atoms with Gasteiger partial charge in [0.1, 0.15) is 5.75 Å². The average molecular weight is 306 g/mol. The SMILES string of the molecule is COc1ccc(CNC(=O)CN2CCCC2CC(C)O)cc1. The van der Waals surface area contributed by atoms with E-state index in [1.165, 1.54) is 0 Å². The second-order valence-corrected chi connectivity index (χ2v) is 5.98. The topological polar surface area (TPSA) is 61.8 Å². The minimum Gasteiger partial charge on any atom is -0.497 e.